The van der Waals surface area contributed by atoms with Crippen LogP contribution < -0.4 is 5.32 Å². The normalized spacial score (nSPS) is 19.4. The number of rotatable bonds is 6. The van der Waals surface area contributed by atoms with Crippen LogP contribution in [0.5, 0.6) is 0 Å². The van der Waals surface area contributed by atoms with Gasteiger partial charge in [-0.25, -0.2) is 0 Å². The van der Waals surface area contributed by atoms with Crippen LogP contribution in [0.1, 0.15) is 25.3 Å². The molecule has 1 aliphatic rings. The molecule has 0 spiro atoms. The first-order valence-electron chi connectivity index (χ1n) is 7.48. The minimum absolute atomic E-state index is 0.130. The Hall–Kier alpha value is -1.66. The third-order valence-electron chi connectivity index (χ3n) is 3.89. The van der Waals surface area contributed by atoms with Gasteiger partial charge < -0.3 is 10.4 Å². The summed E-state index contributed by atoms with van der Waals surface area (Å²) in [5, 5.41) is 23.4. The molecule has 1 aromatic carbocycles. The lowest BCUT2D eigenvalue weighted by Crippen LogP contribution is -2.36. The maximum Gasteiger partial charge on any atom is 0.292 e. The van der Waals surface area contributed by atoms with Gasteiger partial charge >= 0.3 is 0 Å². The summed E-state index contributed by atoms with van der Waals surface area (Å²) < 4.78 is 0. The van der Waals surface area contributed by atoms with Gasteiger partial charge in [0.15, 0.2) is 0 Å². The van der Waals surface area contributed by atoms with Crippen LogP contribution in [0.4, 0.5) is 11.4 Å². The van der Waals surface area contributed by atoms with Crippen molar-refractivity contribution in [1.29, 1.82) is 0 Å². The number of nitrogens with one attached hydrogen (secondary N) is 1. The number of hydrogen-bond acceptors (Lipinski definition) is 5. The van der Waals surface area contributed by atoms with Crippen molar-refractivity contribution in [2.75, 3.05) is 31.6 Å². The number of nitrogens with zero attached hydrogens (tertiary/aromatic N) is 2. The first kappa shape index (κ1) is 15.7. The van der Waals surface area contributed by atoms with Crippen LogP contribution in [0, 0.1) is 16.0 Å². The first-order chi connectivity index (χ1) is 10.1. The molecular weight excluding hydrogens is 270 g/mol. The summed E-state index contributed by atoms with van der Waals surface area (Å²) >= 11 is 0. The number of benzene rings is 1. The molecule has 1 heterocycles. The number of likely N-dealkylation sites (tertiary alicyclic amines) is 1. The second-order valence-electron chi connectivity index (χ2n) is 5.56. The number of aliphatic hydroxyl groups is 1. The smallest absolute Gasteiger partial charge is 0.292 e. The Labute approximate surface area is 124 Å². The molecule has 6 nitrogen and oxygen atoms in total. The highest BCUT2D eigenvalue weighted by atomic mass is 16.6. The van der Waals surface area contributed by atoms with Gasteiger partial charge in [-0.3, -0.25) is 15.0 Å². The van der Waals surface area contributed by atoms with Gasteiger partial charge in [-0.1, -0.05) is 6.07 Å². The molecular formula is C15H23N3O3. The van der Waals surface area contributed by atoms with E-state index in [1.807, 2.05) is 13.0 Å². The van der Waals surface area contributed by atoms with E-state index in [1.54, 1.807) is 12.1 Å². The van der Waals surface area contributed by atoms with E-state index in [4.69, 9.17) is 0 Å². The molecule has 1 atom stereocenters. The van der Waals surface area contributed by atoms with Crippen LogP contribution >= 0.6 is 0 Å². The molecule has 6 heteroatoms. The fraction of sp³-hybridized carbons (Fsp3) is 0.600. The quantitative estimate of drug-likeness (QED) is 0.621. The Bertz CT molecular complexity index is 493. The number of aliphatic hydroxyl groups excluding tert-OH is 1. The number of piperidine rings is 1. The Morgan fingerprint density at radius 2 is 2.33 bits per heavy atom. The maximum absolute atomic E-state index is 11.2. The van der Waals surface area contributed by atoms with E-state index in [0.29, 0.717) is 24.7 Å². The van der Waals surface area contributed by atoms with E-state index in [9.17, 15) is 15.2 Å². The Balaban J connectivity index is 2.09. The van der Waals surface area contributed by atoms with E-state index in [-0.39, 0.29) is 17.2 Å². The summed E-state index contributed by atoms with van der Waals surface area (Å²) in [6, 6.07) is 5.37. The van der Waals surface area contributed by atoms with Crippen LogP contribution in [-0.2, 0) is 6.54 Å². The lowest BCUT2D eigenvalue weighted by atomic mass is 9.98. The van der Waals surface area contributed by atoms with Gasteiger partial charge in [0.25, 0.3) is 5.69 Å². The summed E-state index contributed by atoms with van der Waals surface area (Å²) in [6.45, 7) is 5.34. The number of nitro groups is 1. The molecule has 1 aliphatic heterocycles. The van der Waals surface area contributed by atoms with Gasteiger partial charge in [-0.2, -0.15) is 0 Å². The standard InChI is InChI=1S/C15H23N3O3/c1-2-16-14-6-5-12(8-15(14)18(20)21)9-17-7-3-4-13(10-17)11-19/h5-6,8,13,16,19H,2-4,7,9-11H2,1H3. The van der Waals surface area contributed by atoms with Crippen LogP contribution in [0.15, 0.2) is 18.2 Å². The lowest BCUT2D eigenvalue weighted by molar-refractivity contribution is -0.384. The van der Waals surface area contributed by atoms with Crippen molar-refractivity contribution < 1.29 is 10.0 Å². The highest BCUT2D eigenvalue weighted by Gasteiger charge is 2.20. The third-order valence-corrected chi connectivity index (χ3v) is 3.89. The highest BCUT2D eigenvalue weighted by Crippen LogP contribution is 2.27. The summed E-state index contributed by atoms with van der Waals surface area (Å²) in [5.74, 6) is 0.328. The second kappa shape index (κ2) is 7.38. The monoisotopic (exact) mass is 293 g/mol. The maximum atomic E-state index is 11.2. The van der Waals surface area contributed by atoms with Crippen molar-refractivity contribution in [2.45, 2.75) is 26.3 Å². The van der Waals surface area contributed by atoms with E-state index in [2.05, 4.69) is 10.2 Å². The predicted molar refractivity (Wildman–Crippen MR) is 82.3 cm³/mol. The van der Waals surface area contributed by atoms with E-state index >= 15 is 0 Å². The van der Waals surface area contributed by atoms with Gasteiger partial charge in [-0.05, 0) is 43.9 Å². The molecule has 21 heavy (non-hydrogen) atoms. The van der Waals surface area contributed by atoms with Crippen LogP contribution in [0.25, 0.3) is 0 Å². The second-order valence-corrected chi connectivity index (χ2v) is 5.56. The molecule has 116 valence electrons. The molecule has 2 N–H and O–H groups in total. The first-order valence-corrected chi connectivity index (χ1v) is 7.48. The van der Waals surface area contributed by atoms with Crippen molar-refractivity contribution in [3.8, 4) is 0 Å². The summed E-state index contributed by atoms with van der Waals surface area (Å²) in [4.78, 5) is 13.1. The fourth-order valence-corrected chi connectivity index (χ4v) is 2.87. The largest absolute Gasteiger partial charge is 0.396 e. The van der Waals surface area contributed by atoms with Crippen LogP contribution in [0.3, 0.4) is 0 Å². The van der Waals surface area contributed by atoms with E-state index in [0.717, 1.165) is 31.5 Å². The third kappa shape index (κ3) is 4.15. The molecule has 1 fully saturated rings. The molecule has 0 aromatic heterocycles. The highest BCUT2D eigenvalue weighted by molar-refractivity contribution is 5.62. The van der Waals surface area contributed by atoms with Gasteiger partial charge in [0, 0.05) is 32.3 Å². The van der Waals surface area contributed by atoms with Crippen molar-refractivity contribution in [1.82, 2.24) is 4.90 Å². The fourth-order valence-electron chi connectivity index (χ4n) is 2.87. The SMILES string of the molecule is CCNc1ccc(CN2CCCC(CO)C2)cc1[N+](=O)[O-]. The lowest BCUT2D eigenvalue weighted by Gasteiger charge is -2.31. The van der Waals surface area contributed by atoms with E-state index < -0.39 is 0 Å². The number of nitro benzene ring substituents is 1. The minimum Gasteiger partial charge on any atom is -0.396 e. The summed E-state index contributed by atoms with van der Waals surface area (Å²) in [5.41, 5.74) is 1.64. The molecule has 1 unspecified atom stereocenters. The molecule has 0 saturated carbocycles. The molecule has 0 aliphatic carbocycles. The van der Waals surface area contributed by atoms with Crippen molar-refractivity contribution in [2.24, 2.45) is 5.92 Å². The number of hydrogen-bond donors (Lipinski definition) is 2. The van der Waals surface area contributed by atoms with Crippen LogP contribution in [0.2, 0.25) is 0 Å². The van der Waals surface area contributed by atoms with Crippen molar-refractivity contribution >= 4 is 11.4 Å². The zero-order chi connectivity index (χ0) is 15.2. The van der Waals surface area contributed by atoms with Gasteiger partial charge in [-0.15, -0.1) is 0 Å². The topological polar surface area (TPSA) is 78.6 Å². The van der Waals surface area contributed by atoms with Gasteiger partial charge in [0.1, 0.15) is 5.69 Å². The minimum atomic E-state index is -0.339. The average Bonchev–Trinajstić information content (AvgIpc) is 2.49. The molecule has 0 amide bonds. The van der Waals surface area contributed by atoms with Gasteiger partial charge in [0.05, 0.1) is 4.92 Å². The summed E-state index contributed by atoms with van der Waals surface area (Å²) in [6.07, 6.45) is 2.13. The van der Waals surface area contributed by atoms with E-state index in [1.165, 1.54) is 0 Å². The van der Waals surface area contributed by atoms with Crippen molar-refractivity contribution in [3.63, 3.8) is 0 Å². The molecule has 1 aromatic rings. The zero-order valence-corrected chi connectivity index (χ0v) is 12.4. The summed E-state index contributed by atoms with van der Waals surface area (Å²) in [7, 11) is 0. The molecule has 1 saturated heterocycles. The molecule has 0 radical (unpaired) electrons. The average molecular weight is 293 g/mol. The Kier molecular flexibility index (Phi) is 5.52. The zero-order valence-electron chi connectivity index (χ0n) is 12.4. The van der Waals surface area contributed by atoms with Crippen molar-refractivity contribution in [3.05, 3.63) is 33.9 Å². The Morgan fingerprint density at radius 1 is 1.52 bits per heavy atom. The Morgan fingerprint density at radius 3 is 3.00 bits per heavy atom. The van der Waals surface area contributed by atoms with Gasteiger partial charge in [0.2, 0.25) is 0 Å². The molecule has 0 bridgehead atoms. The predicted octanol–water partition coefficient (Wildman–Crippen LogP) is 2.23. The van der Waals surface area contributed by atoms with Crippen LogP contribution in [-0.4, -0.2) is 41.2 Å². The number of anilines is 1. The molecule has 2 rings (SSSR count).